The number of rotatable bonds is 11. The number of anilines is 1. The van der Waals surface area contributed by atoms with Gasteiger partial charge in [0, 0.05) is 22.1 Å². The lowest BCUT2D eigenvalue weighted by molar-refractivity contribution is -0.114. The lowest BCUT2D eigenvalue weighted by Crippen LogP contribution is -2.58. The van der Waals surface area contributed by atoms with Crippen LogP contribution in [0.3, 0.4) is 0 Å². The van der Waals surface area contributed by atoms with Crippen LogP contribution in [0.15, 0.2) is 17.5 Å². The molecule has 2 aromatic rings. The van der Waals surface area contributed by atoms with Crippen LogP contribution in [-0.2, 0) is 33.5 Å². The van der Waals surface area contributed by atoms with E-state index < -0.39 is 29.7 Å². The molecular weight excluding hydrogens is 514 g/mol. The van der Waals surface area contributed by atoms with Gasteiger partial charge < -0.3 is 14.8 Å². The summed E-state index contributed by atoms with van der Waals surface area (Å²) in [5, 5.41) is 13.7. The van der Waals surface area contributed by atoms with Crippen LogP contribution in [0.1, 0.15) is 70.3 Å². The number of aryl methyl sites for hydroxylation is 3. The van der Waals surface area contributed by atoms with E-state index >= 15 is 0 Å². The molecule has 206 valence electrons. The molecule has 12 heteroatoms. The number of hydrogen-bond acceptors (Lipinski definition) is 9. The molecule has 37 heavy (non-hydrogen) atoms. The Morgan fingerprint density at radius 2 is 1.49 bits per heavy atom. The van der Waals surface area contributed by atoms with E-state index in [1.807, 2.05) is 5.38 Å². The zero-order valence-corrected chi connectivity index (χ0v) is 24.3. The van der Waals surface area contributed by atoms with Gasteiger partial charge in [-0.25, -0.2) is 14.6 Å². The third-order valence-corrected chi connectivity index (χ3v) is 6.46. The SMILES string of the molecule is CC(=O)Nc1nc(CCc2ccc(CCCNC(NC(=O)OC(C)(C)C)NC(=O)OC(C)(C)C)s2)cs1. The Morgan fingerprint density at radius 1 is 0.919 bits per heavy atom. The lowest BCUT2D eigenvalue weighted by atomic mass is 10.2. The molecule has 0 spiro atoms. The topological polar surface area (TPSA) is 131 Å². The van der Waals surface area contributed by atoms with Crippen molar-refractivity contribution in [3.8, 4) is 0 Å². The van der Waals surface area contributed by atoms with Gasteiger partial charge in [0.2, 0.25) is 5.91 Å². The molecule has 3 amide bonds. The Morgan fingerprint density at radius 3 is 2.03 bits per heavy atom. The quantitative estimate of drug-likeness (QED) is 0.232. The number of carbonyl (C=O) groups is 3. The molecule has 0 fully saturated rings. The summed E-state index contributed by atoms with van der Waals surface area (Å²) in [5.74, 6) is -0.120. The molecule has 2 rings (SSSR count). The first kappa shape index (κ1) is 30.5. The summed E-state index contributed by atoms with van der Waals surface area (Å²) in [6, 6.07) is 4.25. The minimum Gasteiger partial charge on any atom is -0.444 e. The van der Waals surface area contributed by atoms with Crippen LogP contribution in [0.4, 0.5) is 14.7 Å². The highest BCUT2D eigenvalue weighted by atomic mass is 32.1. The van der Waals surface area contributed by atoms with E-state index in [1.165, 1.54) is 28.0 Å². The highest BCUT2D eigenvalue weighted by Crippen LogP contribution is 2.21. The third kappa shape index (κ3) is 13.4. The van der Waals surface area contributed by atoms with Crippen molar-refractivity contribution in [1.82, 2.24) is 20.9 Å². The van der Waals surface area contributed by atoms with Crippen molar-refractivity contribution in [2.75, 3.05) is 11.9 Å². The van der Waals surface area contributed by atoms with Gasteiger partial charge in [-0.15, -0.1) is 22.7 Å². The van der Waals surface area contributed by atoms with Crippen LogP contribution >= 0.6 is 22.7 Å². The molecule has 0 aliphatic heterocycles. The molecule has 0 bridgehead atoms. The van der Waals surface area contributed by atoms with Gasteiger partial charge in [-0.05, 0) is 85.9 Å². The maximum atomic E-state index is 12.2. The second-order valence-corrected chi connectivity index (χ2v) is 12.6. The smallest absolute Gasteiger partial charge is 0.410 e. The predicted molar refractivity (Wildman–Crippen MR) is 147 cm³/mol. The zero-order chi connectivity index (χ0) is 27.6. The standard InChI is InChI=1S/C25H39N5O5S2/c1-16(31)27-21-28-17(15-36-21)10-11-19-13-12-18(37-19)9-8-14-26-20(29-22(32)34-24(2,3)4)30-23(33)35-25(5,6)7/h12-13,15,20,26H,8-11,14H2,1-7H3,(H,29,32)(H,30,33)(H,27,28,31). The predicted octanol–water partition coefficient (Wildman–Crippen LogP) is 4.80. The first-order valence-electron chi connectivity index (χ1n) is 12.2. The van der Waals surface area contributed by atoms with E-state index in [1.54, 1.807) is 52.9 Å². The van der Waals surface area contributed by atoms with Gasteiger partial charge in [0.15, 0.2) is 11.4 Å². The van der Waals surface area contributed by atoms with Crippen molar-refractivity contribution < 1.29 is 23.9 Å². The fourth-order valence-electron chi connectivity index (χ4n) is 3.07. The van der Waals surface area contributed by atoms with Crippen molar-refractivity contribution >= 4 is 45.9 Å². The maximum Gasteiger partial charge on any atom is 0.410 e. The number of carbonyl (C=O) groups excluding carboxylic acids is 3. The highest BCUT2D eigenvalue weighted by Gasteiger charge is 2.23. The molecule has 0 saturated heterocycles. The summed E-state index contributed by atoms with van der Waals surface area (Å²) in [5.41, 5.74) is -0.358. The molecule has 0 aromatic carbocycles. The normalized spacial score (nSPS) is 11.8. The number of amides is 3. The molecule has 2 aromatic heterocycles. The monoisotopic (exact) mass is 553 g/mol. The van der Waals surface area contributed by atoms with Crippen LogP contribution < -0.4 is 21.3 Å². The summed E-state index contributed by atoms with van der Waals surface area (Å²) in [6.45, 7) is 12.6. The summed E-state index contributed by atoms with van der Waals surface area (Å²) in [7, 11) is 0. The zero-order valence-electron chi connectivity index (χ0n) is 22.6. The average Bonchev–Trinajstić information content (AvgIpc) is 3.35. The van der Waals surface area contributed by atoms with E-state index in [0.717, 1.165) is 31.4 Å². The summed E-state index contributed by atoms with van der Waals surface area (Å²) < 4.78 is 10.6. The first-order valence-corrected chi connectivity index (χ1v) is 13.9. The van der Waals surface area contributed by atoms with Gasteiger partial charge in [0.1, 0.15) is 11.2 Å². The van der Waals surface area contributed by atoms with Gasteiger partial charge in [0.05, 0.1) is 5.69 Å². The van der Waals surface area contributed by atoms with E-state index in [-0.39, 0.29) is 5.91 Å². The summed E-state index contributed by atoms with van der Waals surface area (Å²) in [4.78, 5) is 42.5. The molecular formula is C25H39N5O5S2. The van der Waals surface area contributed by atoms with Crippen LogP contribution in [0.5, 0.6) is 0 Å². The molecule has 10 nitrogen and oxygen atoms in total. The highest BCUT2D eigenvalue weighted by molar-refractivity contribution is 7.14. The fourth-order valence-corrected chi connectivity index (χ4v) is 4.92. The lowest BCUT2D eigenvalue weighted by Gasteiger charge is -2.26. The first-order chi connectivity index (χ1) is 17.2. The van der Waals surface area contributed by atoms with Crippen molar-refractivity contribution in [1.29, 1.82) is 0 Å². The Labute approximate surface area is 226 Å². The van der Waals surface area contributed by atoms with Gasteiger partial charge in [-0.1, -0.05) is 0 Å². The Bertz CT molecular complexity index is 1010. The van der Waals surface area contributed by atoms with Crippen molar-refractivity contribution in [3.05, 3.63) is 33.0 Å². The Balaban J connectivity index is 1.81. The molecule has 4 N–H and O–H groups in total. The number of alkyl carbamates (subject to hydrolysis) is 2. The average molecular weight is 554 g/mol. The van der Waals surface area contributed by atoms with Gasteiger partial charge >= 0.3 is 12.2 Å². The number of nitrogens with one attached hydrogen (secondary N) is 4. The van der Waals surface area contributed by atoms with Crippen LogP contribution in [0.2, 0.25) is 0 Å². The number of nitrogens with zero attached hydrogens (tertiary/aromatic N) is 1. The summed E-state index contributed by atoms with van der Waals surface area (Å²) >= 11 is 3.19. The number of hydrogen-bond donors (Lipinski definition) is 4. The fraction of sp³-hybridized carbons (Fsp3) is 0.600. The Hall–Kier alpha value is -2.70. The van der Waals surface area contributed by atoms with Crippen molar-refractivity contribution in [2.45, 2.75) is 91.6 Å². The molecule has 0 radical (unpaired) electrons. The van der Waals surface area contributed by atoms with Crippen LogP contribution in [0.25, 0.3) is 0 Å². The number of thiophene rings is 1. The number of ether oxygens (including phenoxy) is 2. The molecule has 2 heterocycles. The van der Waals surface area contributed by atoms with E-state index in [4.69, 9.17) is 9.47 Å². The molecule has 0 aliphatic rings. The minimum absolute atomic E-state index is 0.120. The summed E-state index contributed by atoms with van der Waals surface area (Å²) in [6.07, 6.45) is 1.21. The second kappa shape index (κ2) is 13.7. The Kier molecular flexibility index (Phi) is 11.3. The van der Waals surface area contributed by atoms with Gasteiger partial charge in [0.25, 0.3) is 0 Å². The third-order valence-electron chi connectivity index (χ3n) is 4.45. The minimum atomic E-state index is -0.843. The molecule has 0 atom stereocenters. The van der Waals surface area contributed by atoms with Gasteiger partial charge in [-0.3, -0.25) is 20.7 Å². The van der Waals surface area contributed by atoms with E-state index in [2.05, 4.69) is 38.4 Å². The maximum absolute atomic E-state index is 12.2. The molecule has 0 unspecified atom stereocenters. The second-order valence-electron chi connectivity index (χ2n) is 10.5. The number of aromatic nitrogens is 1. The van der Waals surface area contributed by atoms with Gasteiger partial charge in [-0.2, -0.15) is 0 Å². The van der Waals surface area contributed by atoms with Crippen LogP contribution in [0, 0.1) is 0 Å². The number of thiazole rings is 1. The van der Waals surface area contributed by atoms with E-state index in [9.17, 15) is 14.4 Å². The molecule has 0 saturated carbocycles. The van der Waals surface area contributed by atoms with Crippen molar-refractivity contribution in [2.24, 2.45) is 0 Å². The van der Waals surface area contributed by atoms with Crippen LogP contribution in [-0.4, -0.2) is 47.1 Å². The van der Waals surface area contributed by atoms with E-state index in [0.29, 0.717) is 11.7 Å². The largest absolute Gasteiger partial charge is 0.444 e. The van der Waals surface area contributed by atoms with Crippen molar-refractivity contribution in [3.63, 3.8) is 0 Å². The molecule has 0 aliphatic carbocycles.